The summed E-state index contributed by atoms with van der Waals surface area (Å²) in [6.45, 7) is 1.53. The standard InChI is InChI=1S/C21H20N2O/c1-16(24)22-20-13-7-5-9-17(20)15-18-10-6-8-14-21(18)23-19-11-3-2-4-12-19/h2-14,23H,15H2,1H3,(H,22,24). The average Bonchev–Trinajstić information content (AvgIpc) is 2.59. The van der Waals surface area contributed by atoms with Crippen molar-refractivity contribution in [3.8, 4) is 0 Å². The van der Waals surface area contributed by atoms with Crippen LogP contribution in [0.5, 0.6) is 0 Å². The van der Waals surface area contributed by atoms with Crippen LogP contribution in [0.3, 0.4) is 0 Å². The molecule has 0 atom stereocenters. The Balaban J connectivity index is 1.87. The Morgan fingerprint density at radius 2 is 1.29 bits per heavy atom. The van der Waals surface area contributed by atoms with Crippen molar-refractivity contribution in [3.05, 3.63) is 90.0 Å². The van der Waals surface area contributed by atoms with Crippen LogP contribution in [0.4, 0.5) is 17.1 Å². The third-order valence-electron chi connectivity index (χ3n) is 3.78. The molecule has 24 heavy (non-hydrogen) atoms. The first-order valence-corrected chi connectivity index (χ1v) is 7.98. The van der Waals surface area contributed by atoms with Gasteiger partial charge in [-0.15, -0.1) is 0 Å². The van der Waals surface area contributed by atoms with E-state index in [1.54, 1.807) is 0 Å². The molecule has 0 aromatic heterocycles. The topological polar surface area (TPSA) is 41.1 Å². The highest BCUT2D eigenvalue weighted by Crippen LogP contribution is 2.26. The number of amides is 1. The molecule has 3 aromatic carbocycles. The molecule has 0 aliphatic carbocycles. The van der Waals surface area contributed by atoms with Gasteiger partial charge in [0.05, 0.1) is 0 Å². The van der Waals surface area contributed by atoms with Crippen molar-refractivity contribution in [2.24, 2.45) is 0 Å². The molecule has 0 saturated carbocycles. The van der Waals surface area contributed by atoms with Crippen LogP contribution in [0.2, 0.25) is 0 Å². The molecular weight excluding hydrogens is 296 g/mol. The first-order valence-electron chi connectivity index (χ1n) is 7.98. The van der Waals surface area contributed by atoms with E-state index < -0.39 is 0 Å². The number of hydrogen-bond donors (Lipinski definition) is 2. The van der Waals surface area contributed by atoms with Crippen molar-refractivity contribution < 1.29 is 4.79 Å². The highest BCUT2D eigenvalue weighted by molar-refractivity contribution is 5.89. The van der Waals surface area contributed by atoms with Gasteiger partial charge in [0.25, 0.3) is 0 Å². The van der Waals surface area contributed by atoms with Crippen LogP contribution < -0.4 is 10.6 Å². The number of hydrogen-bond acceptors (Lipinski definition) is 2. The number of rotatable bonds is 5. The quantitative estimate of drug-likeness (QED) is 0.697. The molecule has 0 heterocycles. The summed E-state index contributed by atoms with van der Waals surface area (Å²) >= 11 is 0. The molecule has 3 aromatic rings. The van der Waals surface area contributed by atoms with E-state index in [2.05, 4.69) is 22.8 Å². The minimum Gasteiger partial charge on any atom is -0.355 e. The molecule has 3 rings (SSSR count). The molecule has 0 saturated heterocycles. The summed E-state index contributed by atoms with van der Waals surface area (Å²) in [5.41, 5.74) is 5.26. The molecule has 0 spiro atoms. The molecule has 0 aliphatic heterocycles. The fourth-order valence-electron chi connectivity index (χ4n) is 2.66. The molecule has 3 heteroatoms. The van der Waals surface area contributed by atoms with Gasteiger partial charge in [-0.2, -0.15) is 0 Å². The summed E-state index contributed by atoms with van der Waals surface area (Å²) in [6, 6.07) is 26.3. The van der Waals surface area contributed by atoms with Crippen LogP contribution in [0.25, 0.3) is 0 Å². The van der Waals surface area contributed by atoms with Gasteiger partial charge in [0.2, 0.25) is 5.91 Å². The van der Waals surface area contributed by atoms with Crippen molar-refractivity contribution in [3.63, 3.8) is 0 Å². The van der Waals surface area contributed by atoms with Crippen LogP contribution in [-0.2, 0) is 11.2 Å². The second-order valence-electron chi connectivity index (χ2n) is 5.66. The van der Waals surface area contributed by atoms with Crippen LogP contribution >= 0.6 is 0 Å². The minimum absolute atomic E-state index is 0.0573. The van der Waals surface area contributed by atoms with Gasteiger partial charge >= 0.3 is 0 Å². The summed E-state index contributed by atoms with van der Waals surface area (Å²) in [6.07, 6.45) is 0.743. The molecule has 0 bridgehead atoms. The third kappa shape index (κ3) is 4.02. The fraction of sp³-hybridized carbons (Fsp3) is 0.0952. The number of nitrogens with one attached hydrogen (secondary N) is 2. The van der Waals surface area contributed by atoms with Crippen LogP contribution in [0.1, 0.15) is 18.1 Å². The van der Waals surface area contributed by atoms with Crippen LogP contribution in [-0.4, -0.2) is 5.91 Å². The second-order valence-corrected chi connectivity index (χ2v) is 5.66. The second kappa shape index (κ2) is 7.47. The number of benzene rings is 3. The average molecular weight is 316 g/mol. The minimum atomic E-state index is -0.0573. The zero-order valence-corrected chi connectivity index (χ0v) is 13.6. The summed E-state index contributed by atoms with van der Waals surface area (Å²) < 4.78 is 0. The molecule has 1 amide bonds. The molecule has 2 N–H and O–H groups in total. The molecule has 0 unspecified atom stereocenters. The van der Waals surface area contributed by atoms with Crippen molar-refractivity contribution in [1.29, 1.82) is 0 Å². The Labute approximate surface area is 142 Å². The third-order valence-corrected chi connectivity index (χ3v) is 3.78. The van der Waals surface area contributed by atoms with E-state index in [9.17, 15) is 4.79 Å². The fourth-order valence-corrected chi connectivity index (χ4v) is 2.66. The monoisotopic (exact) mass is 316 g/mol. The van der Waals surface area contributed by atoms with E-state index >= 15 is 0 Å². The molecule has 120 valence electrons. The van der Waals surface area contributed by atoms with Crippen molar-refractivity contribution in [1.82, 2.24) is 0 Å². The summed E-state index contributed by atoms with van der Waals surface area (Å²) in [5.74, 6) is -0.0573. The van der Waals surface area contributed by atoms with E-state index in [4.69, 9.17) is 0 Å². The van der Waals surface area contributed by atoms with Gasteiger partial charge in [-0.3, -0.25) is 4.79 Å². The Morgan fingerprint density at radius 1 is 0.750 bits per heavy atom. The Morgan fingerprint density at radius 3 is 1.96 bits per heavy atom. The normalized spacial score (nSPS) is 10.2. The first kappa shape index (κ1) is 15.8. The lowest BCUT2D eigenvalue weighted by molar-refractivity contribution is -0.114. The number of carbonyl (C=O) groups excluding carboxylic acids is 1. The first-order chi connectivity index (χ1) is 11.7. The van der Waals surface area contributed by atoms with E-state index in [0.29, 0.717) is 0 Å². The maximum Gasteiger partial charge on any atom is 0.221 e. The van der Waals surface area contributed by atoms with Gasteiger partial charge in [-0.05, 0) is 35.4 Å². The smallest absolute Gasteiger partial charge is 0.221 e. The van der Waals surface area contributed by atoms with Crippen LogP contribution in [0, 0.1) is 0 Å². The van der Waals surface area contributed by atoms with Gasteiger partial charge < -0.3 is 10.6 Å². The number of para-hydroxylation sites is 3. The molecular formula is C21H20N2O. The highest BCUT2D eigenvalue weighted by Gasteiger charge is 2.08. The Bertz CT molecular complexity index is 828. The van der Waals surface area contributed by atoms with Gasteiger partial charge in [-0.1, -0.05) is 54.6 Å². The number of anilines is 3. The predicted octanol–water partition coefficient (Wildman–Crippen LogP) is 4.98. The maximum absolute atomic E-state index is 11.4. The Kier molecular flexibility index (Phi) is 4.92. The summed E-state index contributed by atoms with van der Waals surface area (Å²) in [7, 11) is 0. The summed E-state index contributed by atoms with van der Waals surface area (Å²) in [4.78, 5) is 11.4. The lowest BCUT2D eigenvalue weighted by Crippen LogP contribution is -2.08. The highest BCUT2D eigenvalue weighted by atomic mass is 16.1. The maximum atomic E-state index is 11.4. The van der Waals surface area contributed by atoms with Gasteiger partial charge in [0, 0.05) is 30.4 Å². The van der Waals surface area contributed by atoms with E-state index in [0.717, 1.165) is 29.0 Å². The molecule has 0 fully saturated rings. The Hall–Kier alpha value is -3.07. The summed E-state index contributed by atoms with van der Waals surface area (Å²) in [5, 5.41) is 6.37. The lowest BCUT2D eigenvalue weighted by atomic mass is 10.0. The zero-order valence-electron chi connectivity index (χ0n) is 13.6. The van der Waals surface area contributed by atoms with Crippen LogP contribution in [0.15, 0.2) is 78.9 Å². The van der Waals surface area contributed by atoms with Crippen molar-refractivity contribution in [2.75, 3.05) is 10.6 Å². The molecule has 3 nitrogen and oxygen atoms in total. The van der Waals surface area contributed by atoms with Crippen molar-refractivity contribution in [2.45, 2.75) is 13.3 Å². The SMILES string of the molecule is CC(=O)Nc1ccccc1Cc1ccccc1Nc1ccccc1. The van der Waals surface area contributed by atoms with Crippen molar-refractivity contribution >= 4 is 23.0 Å². The van der Waals surface area contributed by atoms with E-state index in [1.165, 1.54) is 12.5 Å². The van der Waals surface area contributed by atoms with E-state index in [1.807, 2.05) is 66.7 Å². The van der Waals surface area contributed by atoms with E-state index in [-0.39, 0.29) is 5.91 Å². The van der Waals surface area contributed by atoms with Gasteiger partial charge in [0.1, 0.15) is 0 Å². The van der Waals surface area contributed by atoms with Gasteiger partial charge in [-0.25, -0.2) is 0 Å². The predicted molar refractivity (Wildman–Crippen MR) is 99.7 cm³/mol. The number of carbonyl (C=O) groups is 1. The zero-order chi connectivity index (χ0) is 16.8. The molecule has 0 aliphatic rings. The molecule has 0 radical (unpaired) electrons. The largest absolute Gasteiger partial charge is 0.355 e. The lowest BCUT2D eigenvalue weighted by Gasteiger charge is -2.14. The van der Waals surface area contributed by atoms with Gasteiger partial charge in [0.15, 0.2) is 0 Å².